The van der Waals surface area contributed by atoms with Gasteiger partial charge in [0.1, 0.15) is 0 Å². The van der Waals surface area contributed by atoms with E-state index in [1.54, 1.807) is 0 Å². The Morgan fingerprint density at radius 2 is 1.81 bits per heavy atom. The third-order valence-electron chi connectivity index (χ3n) is 2.35. The highest BCUT2D eigenvalue weighted by molar-refractivity contribution is 14.1. The van der Waals surface area contributed by atoms with Gasteiger partial charge in [0.15, 0.2) is 0 Å². The van der Waals surface area contributed by atoms with Gasteiger partial charge in [-0.2, -0.15) is 0 Å². The van der Waals surface area contributed by atoms with Crippen LogP contribution in [0.2, 0.25) is 0 Å². The Labute approximate surface area is 109 Å². The fraction of sp³-hybridized carbons (Fsp3) is 0.154. The minimum Gasteiger partial charge on any atom is -0.384 e. The van der Waals surface area contributed by atoms with Crippen LogP contribution < -0.4 is 5.32 Å². The van der Waals surface area contributed by atoms with Gasteiger partial charge in [0.25, 0.3) is 0 Å². The molecule has 2 aromatic rings. The zero-order valence-corrected chi connectivity index (χ0v) is 11.0. The summed E-state index contributed by atoms with van der Waals surface area (Å²) >= 11 is 2.34. The summed E-state index contributed by atoms with van der Waals surface area (Å²) < 4.78 is 1.26. The molecule has 0 bridgehead atoms. The zero-order valence-electron chi connectivity index (χ0n) is 8.86. The van der Waals surface area contributed by atoms with Gasteiger partial charge >= 0.3 is 0 Å². The second-order valence-corrected chi connectivity index (χ2v) is 4.67. The highest BCUT2D eigenvalue weighted by atomic mass is 127. The fourth-order valence-electron chi connectivity index (χ4n) is 1.50. The van der Waals surface area contributed by atoms with Crippen LogP contribution in [0.4, 0.5) is 5.69 Å². The van der Waals surface area contributed by atoms with E-state index in [1.807, 2.05) is 12.4 Å². The Morgan fingerprint density at radius 3 is 2.56 bits per heavy atom. The summed E-state index contributed by atoms with van der Waals surface area (Å²) in [7, 11) is 0. The highest BCUT2D eigenvalue weighted by Crippen LogP contribution is 2.16. The topological polar surface area (TPSA) is 24.9 Å². The van der Waals surface area contributed by atoms with Gasteiger partial charge in [-0.15, -0.1) is 0 Å². The maximum absolute atomic E-state index is 4.00. The molecule has 2 nitrogen and oxygen atoms in total. The van der Waals surface area contributed by atoms with Crippen LogP contribution in [0, 0.1) is 3.57 Å². The van der Waals surface area contributed by atoms with E-state index in [0.717, 1.165) is 13.0 Å². The molecule has 0 saturated heterocycles. The maximum Gasteiger partial charge on any atom is 0.0475 e. The molecule has 1 aromatic carbocycles. The Kier molecular flexibility index (Phi) is 4.16. The van der Waals surface area contributed by atoms with Gasteiger partial charge in [-0.3, -0.25) is 4.98 Å². The van der Waals surface area contributed by atoms with Crippen molar-refractivity contribution in [1.29, 1.82) is 0 Å². The average molecular weight is 324 g/mol. The van der Waals surface area contributed by atoms with Gasteiger partial charge < -0.3 is 5.32 Å². The van der Waals surface area contributed by atoms with Crippen molar-refractivity contribution in [3.05, 3.63) is 57.9 Å². The van der Waals surface area contributed by atoms with Crippen molar-refractivity contribution in [2.75, 3.05) is 11.9 Å². The molecule has 82 valence electrons. The van der Waals surface area contributed by atoms with E-state index < -0.39 is 0 Å². The number of nitrogens with one attached hydrogen (secondary N) is 1. The van der Waals surface area contributed by atoms with E-state index in [2.05, 4.69) is 69.3 Å². The van der Waals surface area contributed by atoms with Crippen molar-refractivity contribution in [3.8, 4) is 0 Å². The Morgan fingerprint density at radius 1 is 1.06 bits per heavy atom. The first kappa shape index (κ1) is 11.4. The molecule has 2 rings (SSSR count). The lowest BCUT2D eigenvalue weighted by Gasteiger charge is -2.07. The average Bonchev–Trinajstić information content (AvgIpc) is 2.33. The van der Waals surface area contributed by atoms with Crippen LogP contribution >= 0.6 is 22.6 Å². The third kappa shape index (κ3) is 3.20. The minimum absolute atomic E-state index is 0.948. The van der Waals surface area contributed by atoms with E-state index in [9.17, 15) is 0 Å². The molecule has 0 aliphatic rings. The zero-order chi connectivity index (χ0) is 11.2. The molecule has 0 spiro atoms. The Hall–Kier alpha value is -1.10. The monoisotopic (exact) mass is 324 g/mol. The van der Waals surface area contributed by atoms with Crippen LogP contribution in [0.3, 0.4) is 0 Å². The number of nitrogens with zero attached hydrogens (tertiary/aromatic N) is 1. The van der Waals surface area contributed by atoms with Crippen LogP contribution in [0.1, 0.15) is 5.56 Å². The summed E-state index contributed by atoms with van der Waals surface area (Å²) in [5, 5.41) is 3.43. The standard InChI is InChI=1S/C13H13IN2/c14-12-3-1-2-4-13(12)16-10-7-11-5-8-15-9-6-11/h1-6,8-9,16H,7,10H2. The quantitative estimate of drug-likeness (QED) is 0.873. The van der Waals surface area contributed by atoms with Gasteiger partial charge in [0, 0.05) is 28.2 Å². The summed E-state index contributed by atoms with van der Waals surface area (Å²) in [6, 6.07) is 12.4. The Balaban J connectivity index is 1.87. The fourth-order valence-corrected chi connectivity index (χ4v) is 2.07. The van der Waals surface area contributed by atoms with Gasteiger partial charge in [0.2, 0.25) is 0 Å². The first-order valence-electron chi connectivity index (χ1n) is 5.23. The first-order chi connectivity index (χ1) is 7.86. The number of halogens is 1. The molecule has 0 radical (unpaired) electrons. The van der Waals surface area contributed by atoms with Gasteiger partial charge in [-0.1, -0.05) is 12.1 Å². The van der Waals surface area contributed by atoms with Crippen molar-refractivity contribution in [1.82, 2.24) is 4.98 Å². The van der Waals surface area contributed by atoms with Crippen molar-refractivity contribution in [2.24, 2.45) is 0 Å². The molecule has 0 aliphatic heterocycles. The summed E-state index contributed by atoms with van der Waals surface area (Å²) in [5.41, 5.74) is 2.52. The lowest BCUT2D eigenvalue weighted by atomic mass is 10.2. The molecule has 0 amide bonds. The van der Waals surface area contributed by atoms with E-state index >= 15 is 0 Å². The predicted molar refractivity (Wildman–Crippen MR) is 75.6 cm³/mol. The molecule has 0 atom stereocenters. The second-order valence-electron chi connectivity index (χ2n) is 3.51. The number of pyridine rings is 1. The molecule has 0 unspecified atom stereocenters. The molecule has 1 heterocycles. The summed E-state index contributed by atoms with van der Waals surface area (Å²) in [4.78, 5) is 4.00. The van der Waals surface area contributed by atoms with E-state index in [1.165, 1.54) is 14.8 Å². The van der Waals surface area contributed by atoms with Crippen LogP contribution in [0.15, 0.2) is 48.8 Å². The second kappa shape index (κ2) is 5.84. The molecule has 0 fully saturated rings. The highest BCUT2D eigenvalue weighted by Gasteiger charge is 1.97. The molecule has 1 aromatic heterocycles. The molecule has 3 heteroatoms. The SMILES string of the molecule is Ic1ccccc1NCCc1ccncc1. The Bertz CT molecular complexity index is 443. The van der Waals surface area contributed by atoms with Crippen LogP contribution in [-0.2, 0) is 6.42 Å². The lowest BCUT2D eigenvalue weighted by molar-refractivity contribution is 1.01. The van der Waals surface area contributed by atoms with E-state index in [-0.39, 0.29) is 0 Å². The summed E-state index contributed by atoms with van der Waals surface area (Å²) in [6.45, 7) is 0.948. The number of aromatic nitrogens is 1. The normalized spacial score (nSPS) is 10.1. The molecule has 1 N–H and O–H groups in total. The lowest BCUT2D eigenvalue weighted by Crippen LogP contribution is -2.05. The molecule has 16 heavy (non-hydrogen) atoms. The van der Waals surface area contributed by atoms with Crippen molar-refractivity contribution in [2.45, 2.75) is 6.42 Å². The number of benzene rings is 1. The molecular formula is C13H13IN2. The first-order valence-corrected chi connectivity index (χ1v) is 6.31. The van der Waals surface area contributed by atoms with Crippen molar-refractivity contribution < 1.29 is 0 Å². The van der Waals surface area contributed by atoms with E-state index in [4.69, 9.17) is 0 Å². The van der Waals surface area contributed by atoms with Crippen LogP contribution in [0.25, 0.3) is 0 Å². The maximum atomic E-state index is 4.00. The molecular weight excluding hydrogens is 311 g/mol. The third-order valence-corrected chi connectivity index (χ3v) is 3.29. The van der Waals surface area contributed by atoms with Gasteiger partial charge in [0.05, 0.1) is 0 Å². The number of hydrogen-bond acceptors (Lipinski definition) is 2. The number of hydrogen-bond donors (Lipinski definition) is 1. The summed E-state index contributed by atoms with van der Waals surface area (Å²) in [5.74, 6) is 0. The minimum atomic E-state index is 0.948. The van der Waals surface area contributed by atoms with Crippen molar-refractivity contribution in [3.63, 3.8) is 0 Å². The van der Waals surface area contributed by atoms with Crippen molar-refractivity contribution >= 4 is 28.3 Å². The number of para-hydroxylation sites is 1. The predicted octanol–water partition coefficient (Wildman–Crippen LogP) is 3.34. The largest absolute Gasteiger partial charge is 0.384 e. The van der Waals surface area contributed by atoms with Gasteiger partial charge in [-0.25, -0.2) is 0 Å². The number of anilines is 1. The van der Waals surface area contributed by atoms with Crippen LogP contribution in [-0.4, -0.2) is 11.5 Å². The summed E-state index contributed by atoms with van der Waals surface area (Å²) in [6.07, 6.45) is 4.69. The van der Waals surface area contributed by atoms with Crippen LogP contribution in [0.5, 0.6) is 0 Å². The molecule has 0 aliphatic carbocycles. The van der Waals surface area contributed by atoms with E-state index in [0.29, 0.717) is 0 Å². The van der Waals surface area contributed by atoms with Gasteiger partial charge in [-0.05, 0) is 58.8 Å². The molecule has 0 saturated carbocycles. The number of rotatable bonds is 4. The smallest absolute Gasteiger partial charge is 0.0475 e.